The third-order valence-corrected chi connectivity index (χ3v) is 4.95. The van der Waals surface area contributed by atoms with E-state index in [1.807, 2.05) is 41.8 Å². The second kappa shape index (κ2) is 6.78. The molecule has 0 aliphatic carbocycles. The van der Waals surface area contributed by atoms with Crippen LogP contribution in [0.4, 0.5) is 5.82 Å². The molecule has 0 saturated heterocycles. The molecule has 4 rings (SSSR count). The molecule has 2 aromatic heterocycles. The number of halogens is 1. The molecule has 0 amide bonds. The summed E-state index contributed by atoms with van der Waals surface area (Å²) in [5.74, 6) is 1.21. The van der Waals surface area contributed by atoms with E-state index >= 15 is 0 Å². The summed E-state index contributed by atoms with van der Waals surface area (Å²) in [5.41, 5.74) is 9.40. The van der Waals surface area contributed by atoms with Crippen molar-refractivity contribution in [3.8, 4) is 33.4 Å². The average Bonchev–Trinajstić information content (AvgIpc) is 3.29. The standard InChI is InChI=1S/C18H14ClN5OS/c1-25-14-4-2-3-11(9-14)15-10-26-18(21-15)16-17(20)24(23-22-16)13-7-5-12(19)6-8-13/h2-10H,20H2,1H3. The van der Waals surface area contributed by atoms with Gasteiger partial charge in [-0.05, 0) is 36.4 Å². The van der Waals surface area contributed by atoms with Crippen LogP contribution in [0, 0.1) is 0 Å². The SMILES string of the molecule is COc1cccc(-c2csc(-c3nnn(-c4ccc(Cl)cc4)c3N)n2)c1. The van der Waals surface area contributed by atoms with Crippen molar-refractivity contribution in [2.24, 2.45) is 0 Å². The molecule has 0 aliphatic rings. The van der Waals surface area contributed by atoms with Crippen LogP contribution in [0.5, 0.6) is 5.75 Å². The molecular weight excluding hydrogens is 370 g/mol. The molecule has 0 aliphatic heterocycles. The van der Waals surface area contributed by atoms with E-state index in [1.54, 1.807) is 23.9 Å². The number of hydrogen-bond donors (Lipinski definition) is 1. The van der Waals surface area contributed by atoms with Gasteiger partial charge >= 0.3 is 0 Å². The Morgan fingerprint density at radius 3 is 2.73 bits per heavy atom. The molecule has 26 heavy (non-hydrogen) atoms. The van der Waals surface area contributed by atoms with E-state index in [-0.39, 0.29) is 0 Å². The van der Waals surface area contributed by atoms with E-state index in [0.717, 1.165) is 22.7 Å². The second-order valence-electron chi connectivity index (χ2n) is 5.48. The van der Waals surface area contributed by atoms with Gasteiger partial charge in [0.25, 0.3) is 0 Å². The minimum atomic E-state index is 0.430. The summed E-state index contributed by atoms with van der Waals surface area (Å²) in [6.45, 7) is 0. The molecule has 0 radical (unpaired) electrons. The van der Waals surface area contributed by atoms with Gasteiger partial charge < -0.3 is 10.5 Å². The fourth-order valence-corrected chi connectivity index (χ4v) is 3.46. The third-order valence-electron chi connectivity index (χ3n) is 3.85. The molecule has 0 saturated carbocycles. The molecule has 2 aromatic carbocycles. The first kappa shape index (κ1) is 16.6. The molecular formula is C18H14ClN5OS. The Hall–Kier alpha value is -2.90. The lowest BCUT2D eigenvalue weighted by Crippen LogP contribution is -2.02. The highest BCUT2D eigenvalue weighted by Gasteiger charge is 2.17. The number of nitrogens with two attached hydrogens (primary N) is 1. The van der Waals surface area contributed by atoms with E-state index in [1.165, 1.54) is 11.3 Å². The van der Waals surface area contributed by atoms with Crippen molar-refractivity contribution in [1.29, 1.82) is 0 Å². The van der Waals surface area contributed by atoms with Gasteiger partial charge in [-0.15, -0.1) is 16.4 Å². The van der Waals surface area contributed by atoms with Gasteiger partial charge in [0.2, 0.25) is 0 Å². The Morgan fingerprint density at radius 2 is 1.96 bits per heavy atom. The number of aromatic nitrogens is 4. The van der Waals surface area contributed by atoms with Crippen LogP contribution in [0.25, 0.3) is 27.6 Å². The Labute approximate surface area is 158 Å². The van der Waals surface area contributed by atoms with Crippen molar-refractivity contribution in [1.82, 2.24) is 20.0 Å². The maximum Gasteiger partial charge on any atom is 0.165 e. The van der Waals surface area contributed by atoms with Gasteiger partial charge in [0.05, 0.1) is 18.5 Å². The summed E-state index contributed by atoms with van der Waals surface area (Å²) in [5, 5.41) is 11.7. The Kier molecular flexibility index (Phi) is 4.32. The minimum Gasteiger partial charge on any atom is -0.497 e. The van der Waals surface area contributed by atoms with E-state index in [2.05, 4.69) is 15.3 Å². The number of ether oxygens (including phenoxy) is 1. The van der Waals surface area contributed by atoms with Crippen LogP contribution >= 0.6 is 22.9 Å². The molecule has 130 valence electrons. The van der Waals surface area contributed by atoms with Crippen LogP contribution in [0.2, 0.25) is 5.02 Å². The highest BCUT2D eigenvalue weighted by molar-refractivity contribution is 7.13. The summed E-state index contributed by atoms with van der Waals surface area (Å²) < 4.78 is 6.84. The number of benzene rings is 2. The number of methoxy groups -OCH3 is 1. The maximum absolute atomic E-state index is 6.25. The zero-order valence-electron chi connectivity index (χ0n) is 13.8. The topological polar surface area (TPSA) is 78.9 Å². The zero-order chi connectivity index (χ0) is 18.1. The Bertz CT molecular complexity index is 1060. The van der Waals surface area contributed by atoms with Crippen molar-refractivity contribution in [3.63, 3.8) is 0 Å². The molecule has 6 nitrogen and oxygen atoms in total. The van der Waals surface area contributed by atoms with Crippen LogP contribution in [-0.2, 0) is 0 Å². The molecule has 0 spiro atoms. The number of hydrogen-bond acceptors (Lipinski definition) is 6. The first-order chi connectivity index (χ1) is 12.7. The van der Waals surface area contributed by atoms with Crippen LogP contribution in [0.3, 0.4) is 0 Å². The van der Waals surface area contributed by atoms with Gasteiger partial charge in [-0.3, -0.25) is 0 Å². The lowest BCUT2D eigenvalue weighted by molar-refractivity contribution is 0.415. The highest BCUT2D eigenvalue weighted by atomic mass is 35.5. The first-order valence-electron chi connectivity index (χ1n) is 7.73. The fourth-order valence-electron chi connectivity index (χ4n) is 2.51. The Balaban J connectivity index is 1.69. The summed E-state index contributed by atoms with van der Waals surface area (Å²) in [4.78, 5) is 4.65. The monoisotopic (exact) mass is 383 g/mol. The molecule has 4 aromatic rings. The van der Waals surface area contributed by atoms with E-state index < -0.39 is 0 Å². The lowest BCUT2D eigenvalue weighted by atomic mass is 10.2. The first-order valence-corrected chi connectivity index (χ1v) is 8.99. The van der Waals surface area contributed by atoms with E-state index in [0.29, 0.717) is 21.5 Å². The van der Waals surface area contributed by atoms with E-state index in [4.69, 9.17) is 22.1 Å². The summed E-state index contributed by atoms with van der Waals surface area (Å²) >= 11 is 7.40. The van der Waals surface area contributed by atoms with Crippen molar-refractivity contribution >= 4 is 28.8 Å². The summed E-state index contributed by atoms with van der Waals surface area (Å²) in [7, 11) is 1.64. The predicted octanol–water partition coefficient (Wildman–Crippen LogP) is 4.30. The largest absolute Gasteiger partial charge is 0.497 e. The molecule has 0 atom stereocenters. The minimum absolute atomic E-state index is 0.430. The third kappa shape index (κ3) is 3.02. The number of rotatable bonds is 4. The highest BCUT2D eigenvalue weighted by Crippen LogP contribution is 2.32. The Morgan fingerprint density at radius 1 is 1.15 bits per heavy atom. The molecule has 8 heteroatoms. The zero-order valence-corrected chi connectivity index (χ0v) is 15.3. The molecule has 2 heterocycles. The lowest BCUT2D eigenvalue weighted by Gasteiger charge is -2.03. The number of nitrogens with zero attached hydrogens (tertiary/aromatic N) is 4. The van der Waals surface area contributed by atoms with Gasteiger partial charge in [-0.25, -0.2) is 4.98 Å². The molecule has 0 bridgehead atoms. The van der Waals surface area contributed by atoms with Crippen LogP contribution in [0.15, 0.2) is 53.9 Å². The van der Waals surface area contributed by atoms with Crippen molar-refractivity contribution in [2.75, 3.05) is 12.8 Å². The van der Waals surface area contributed by atoms with Crippen LogP contribution in [-0.4, -0.2) is 27.1 Å². The van der Waals surface area contributed by atoms with Gasteiger partial charge in [0.1, 0.15) is 10.8 Å². The van der Waals surface area contributed by atoms with Gasteiger partial charge in [-0.2, -0.15) is 4.68 Å². The molecule has 2 N–H and O–H groups in total. The quantitative estimate of drug-likeness (QED) is 0.568. The van der Waals surface area contributed by atoms with Gasteiger partial charge in [-0.1, -0.05) is 28.9 Å². The number of thiazole rings is 1. The summed E-state index contributed by atoms with van der Waals surface area (Å²) in [6, 6.07) is 15.0. The van der Waals surface area contributed by atoms with Crippen molar-refractivity contribution in [3.05, 3.63) is 58.9 Å². The maximum atomic E-state index is 6.25. The van der Waals surface area contributed by atoms with Crippen LogP contribution in [0.1, 0.15) is 0 Å². The second-order valence-corrected chi connectivity index (χ2v) is 6.78. The summed E-state index contributed by atoms with van der Waals surface area (Å²) in [6.07, 6.45) is 0. The predicted molar refractivity (Wildman–Crippen MR) is 104 cm³/mol. The van der Waals surface area contributed by atoms with Crippen LogP contribution < -0.4 is 10.5 Å². The van der Waals surface area contributed by atoms with Crippen molar-refractivity contribution < 1.29 is 4.74 Å². The van der Waals surface area contributed by atoms with E-state index in [9.17, 15) is 0 Å². The van der Waals surface area contributed by atoms with Gasteiger partial charge in [0.15, 0.2) is 11.5 Å². The number of nitrogen functional groups attached to an aromatic ring is 1. The fraction of sp³-hybridized carbons (Fsp3) is 0.0556. The van der Waals surface area contributed by atoms with Crippen molar-refractivity contribution in [2.45, 2.75) is 0 Å². The molecule has 0 fully saturated rings. The average molecular weight is 384 g/mol. The normalized spacial score (nSPS) is 10.8. The molecule has 0 unspecified atom stereocenters. The smallest absolute Gasteiger partial charge is 0.165 e. The van der Waals surface area contributed by atoms with Gasteiger partial charge in [0, 0.05) is 16.0 Å². The number of anilines is 1.